The first-order valence-corrected chi connectivity index (χ1v) is 5.74. The van der Waals surface area contributed by atoms with E-state index in [1.807, 2.05) is 0 Å². The van der Waals surface area contributed by atoms with Crippen molar-refractivity contribution in [1.29, 1.82) is 0 Å². The molecule has 0 atom stereocenters. The molecule has 0 spiro atoms. The van der Waals surface area contributed by atoms with Gasteiger partial charge in [-0.1, -0.05) is 11.6 Å². The quantitative estimate of drug-likeness (QED) is 0.779. The summed E-state index contributed by atoms with van der Waals surface area (Å²) in [4.78, 5) is 22.5. The van der Waals surface area contributed by atoms with Gasteiger partial charge in [0.2, 0.25) is 5.91 Å². The second-order valence-corrected chi connectivity index (χ2v) is 4.08. The molecule has 1 aromatic rings. The van der Waals surface area contributed by atoms with Gasteiger partial charge in [0.25, 0.3) is 0 Å². The standard InChI is InChI=1S/C12H14ClNO4/c1-18-6-2-3-11(15)14-10-5-4-8(13)7-9(10)12(16)17/h4-5,7H,2-3,6H2,1H3,(H,14,15)(H,16,17). The number of carboxylic acids is 1. The second kappa shape index (κ2) is 6.98. The van der Waals surface area contributed by atoms with Crippen LogP contribution in [0.15, 0.2) is 18.2 Å². The van der Waals surface area contributed by atoms with Crippen LogP contribution in [0.5, 0.6) is 0 Å². The molecule has 0 saturated heterocycles. The number of hydrogen-bond acceptors (Lipinski definition) is 3. The van der Waals surface area contributed by atoms with Crippen molar-refractivity contribution < 1.29 is 19.4 Å². The SMILES string of the molecule is COCCCC(=O)Nc1ccc(Cl)cc1C(=O)O. The van der Waals surface area contributed by atoms with E-state index < -0.39 is 5.97 Å². The van der Waals surface area contributed by atoms with Crippen LogP contribution in [0.2, 0.25) is 5.02 Å². The minimum absolute atomic E-state index is 0.0254. The van der Waals surface area contributed by atoms with Gasteiger partial charge < -0.3 is 15.2 Å². The fourth-order valence-electron chi connectivity index (χ4n) is 1.39. The molecule has 0 aliphatic heterocycles. The Kier molecular flexibility index (Phi) is 5.61. The number of anilines is 1. The Morgan fingerprint density at radius 3 is 2.78 bits per heavy atom. The van der Waals surface area contributed by atoms with Crippen molar-refractivity contribution in [3.05, 3.63) is 28.8 Å². The summed E-state index contributed by atoms with van der Waals surface area (Å²) in [6.07, 6.45) is 0.855. The molecule has 0 aliphatic rings. The molecule has 0 unspecified atom stereocenters. The fraction of sp³-hybridized carbons (Fsp3) is 0.333. The molecule has 98 valence electrons. The van der Waals surface area contributed by atoms with E-state index in [0.717, 1.165) is 0 Å². The molecule has 0 aliphatic carbocycles. The number of rotatable bonds is 6. The maximum Gasteiger partial charge on any atom is 0.337 e. The zero-order chi connectivity index (χ0) is 13.5. The van der Waals surface area contributed by atoms with Gasteiger partial charge in [-0.3, -0.25) is 4.79 Å². The highest BCUT2D eigenvalue weighted by Gasteiger charge is 2.12. The first-order chi connectivity index (χ1) is 8.54. The van der Waals surface area contributed by atoms with Crippen molar-refractivity contribution in [3.8, 4) is 0 Å². The zero-order valence-corrected chi connectivity index (χ0v) is 10.7. The Labute approximate surface area is 110 Å². The Morgan fingerprint density at radius 1 is 1.44 bits per heavy atom. The molecule has 0 saturated carbocycles. The number of aromatic carboxylic acids is 1. The van der Waals surface area contributed by atoms with Crippen LogP contribution in [0.4, 0.5) is 5.69 Å². The van der Waals surface area contributed by atoms with Crippen molar-refractivity contribution in [2.75, 3.05) is 19.0 Å². The fourth-order valence-corrected chi connectivity index (χ4v) is 1.56. The monoisotopic (exact) mass is 271 g/mol. The van der Waals surface area contributed by atoms with E-state index in [1.54, 1.807) is 7.11 Å². The average Bonchev–Trinajstić information content (AvgIpc) is 2.31. The molecule has 5 nitrogen and oxygen atoms in total. The van der Waals surface area contributed by atoms with Gasteiger partial charge in [-0.15, -0.1) is 0 Å². The van der Waals surface area contributed by atoms with Crippen LogP contribution < -0.4 is 5.32 Å². The van der Waals surface area contributed by atoms with Gasteiger partial charge >= 0.3 is 5.97 Å². The number of benzene rings is 1. The lowest BCUT2D eigenvalue weighted by Crippen LogP contribution is -2.14. The summed E-state index contributed by atoms with van der Waals surface area (Å²) in [6, 6.07) is 4.30. The van der Waals surface area contributed by atoms with Crippen LogP contribution in [0.3, 0.4) is 0 Å². The smallest absolute Gasteiger partial charge is 0.337 e. The predicted octanol–water partition coefficient (Wildman–Crippen LogP) is 2.40. The highest BCUT2D eigenvalue weighted by atomic mass is 35.5. The van der Waals surface area contributed by atoms with Crippen molar-refractivity contribution in [1.82, 2.24) is 0 Å². The lowest BCUT2D eigenvalue weighted by atomic mass is 10.1. The van der Waals surface area contributed by atoms with Gasteiger partial charge in [-0.2, -0.15) is 0 Å². The number of carbonyl (C=O) groups excluding carboxylic acids is 1. The molecule has 0 bridgehead atoms. The van der Waals surface area contributed by atoms with E-state index in [-0.39, 0.29) is 23.6 Å². The van der Waals surface area contributed by atoms with Crippen LogP contribution in [0, 0.1) is 0 Å². The van der Waals surface area contributed by atoms with E-state index in [2.05, 4.69) is 5.32 Å². The summed E-state index contributed by atoms with van der Waals surface area (Å²) in [5.41, 5.74) is 0.219. The highest BCUT2D eigenvalue weighted by Crippen LogP contribution is 2.21. The molecular formula is C12H14ClNO4. The van der Waals surface area contributed by atoms with Gasteiger partial charge in [0.15, 0.2) is 0 Å². The van der Waals surface area contributed by atoms with Gasteiger partial charge in [0, 0.05) is 25.2 Å². The molecule has 0 radical (unpaired) electrons. The minimum Gasteiger partial charge on any atom is -0.478 e. The summed E-state index contributed by atoms with van der Waals surface area (Å²) in [6.45, 7) is 0.486. The Morgan fingerprint density at radius 2 is 2.17 bits per heavy atom. The number of hydrogen-bond donors (Lipinski definition) is 2. The van der Waals surface area contributed by atoms with Gasteiger partial charge in [0.05, 0.1) is 11.3 Å². The van der Waals surface area contributed by atoms with Crippen molar-refractivity contribution in [3.63, 3.8) is 0 Å². The normalized spacial score (nSPS) is 10.1. The number of carboxylic acid groups (broad SMARTS) is 1. The third-order valence-corrected chi connectivity index (χ3v) is 2.47. The van der Waals surface area contributed by atoms with E-state index in [0.29, 0.717) is 18.1 Å². The number of carbonyl (C=O) groups is 2. The molecule has 1 rings (SSSR count). The first kappa shape index (κ1) is 14.5. The summed E-state index contributed by atoms with van der Waals surface area (Å²) in [7, 11) is 1.56. The number of amides is 1. The second-order valence-electron chi connectivity index (χ2n) is 3.64. The average molecular weight is 272 g/mol. The largest absolute Gasteiger partial charge is 0.478 e. The van der Waals surface area contributed by atoms with Crippen LogP contribution in [-0.2, 0) is 9.53 Å². The highest BCUT2D eigenvalue weighted by molar-refractivity contribution is 6.31. The Balaban J connectivity index is 2.72. The molecule has 1 amide bonds. The molecule has 6 heteroatoms. The number of nitrogens with one attached hydrogen (secondary N) is 1. The molecule has 2 N–H and O–H groups in total. The zero-order valence-electron chi connectivity index (χ0n) is 9.90. The number of halogens is 1. The molecule has 1 aromatic carbocycles. The van der Waals surface area contributed by atoms with Crippen LogP contribution in [0.25, 0.3) is 0 Å². The molecule has 0 heterocycles. The topological polar surface area (TPSA) is 75.6 Å². The molecule has 18 heavy (non-hydrogen) atoms. The van der Waals surface area contributed by atoms with Crippen molar-refractivity contribution >= 4 is 29.2 Å². The molecule has 0 fully saturated rings. The summed E-state index contributed by atoms with van der Waals surface area (Å²) >= 11 is 5.71. The maximum atomic E-state index is 11.6. The van der Waals surface area contributed by atoms with Crippen LogP contribution >= 0.6 is 11.6 Å². The number of ether oxygens (including phenoxy) is 1. The van der Waals surface area contributed by atoms with Crippen LogP contribution in [0.1, 0.15) is 23.2 Å². The van der Waals surface area contributed by atoms with E-state index in [1.165, 1.54) is 18.2 Å². The third-order valence-electron chi connectivity index (χ3n) is 2.24. The lowest BCUT2D eigenvalue weighted by Gasteiger charge is -2.08. The summed E-state index contributed by atoms with van der Waals surface area (Å²) in [5.74, 6) is -1.39. The predicted molar refractivity (Wildman–Crippen MR) is 68.2 cm³/mol. The van der Waals surface area contributed by atoms with E-state index >= 15 is 0 Å². The van der Waals surface area contributed by atoms with Gasteiger partial charge in [-0.05, 0) is 24.6 Å². The minimum atomic E-state index is -1.13. The summed E-state index contributed by atoms with van der Waals surface area (Å²) < 4.78 is 4.83. The first-order valence-electron chi connectivity index (χ1n) is 5.36. The Hall–Kier alpha value is -1.59. The van der Waals surface area contributed by atoms with Crippen molar-refractivity contribution in [2.45, 2.75) is 12.8 Å². The summed E-state index contributed by atoms with van der Waals surface area (Å²) in [5, 5.41) is 11.8. The van der Waals surface area contributed by atoms with Gasteiger partial charge in [0.1, 0.15) is 0 Å². The number of methoxy groups -OCH3 is 1. The third kappa shape index (κ3) is 4.35. The lowest BCUT2D eigenvalue weighted by molar-refractivity contribution is -0.116. The van der Waals surface area contributed by atoms with Crippen LogP contribution in [-0.4, -0.2) is 30.7 Å². The molecular weight excluding hydrogens is 258 g/mol. The molecule has 0 aromatic heterocycles. The van der Waals surface area contributed by atoms with E-state index in [9.17, 15) is 9.59 Å². The maximum absolute atomic E-state index is 11.6. The van der Waals surface area contributed by atoms with Crippen molar-refractivity contribution in [2.24, 2.45) is 0 Å². The van der Waals surface area contributed by atoms with E-state index in [4.69, 9.17) is 21.4 Å². The van der Waals surface area contributed by atoms with Gasteiger partial charge in [-0.25, -0.2) is 4.79 Å². The Bertz CT molecular complexity index is 448.